The lowest BCUT2D eigenvalue weighted by molar-refractivity contribution is 0.102. The van der Waals surface area contributed by atoms with Gasteiger partial charge in [-0.3, -0.25) is 9.78 Å². The highest BCUT2D eigenvalue weighted by Gasteiger charge is 2.07. The molecule has 1 amide bonds. The molecular formula is C11H10N4O2. The number of carbonyl (C=O) groups is 1. The van der Waals surface area contributed by atoms with E-state index in [4.69, 9.17) is 0 Å². The predicted octanol–water partition coefficient (Wildman–Crippen LogP) is 0.428. The number of anilines is 1. The molecular weight excluding hydrogens is 220 g/mol. The zero-order valence-electron chi connectivity index (χ0n) is 9.12. The Morgan fingerprint density at radius 1 is 1.35 bits per heavy atom. The smallest absolute Gasteiger partial charge is 0.305 e. The summed E-state index contributed by atoms with van der Waals surface area (Å²) >= 11 is 0. The number of hydrogen-bond donors (Lipinski definition) is 1. The van der Waals surface area contributed by atoms with Crippen LogP contribution in [0.5, 0.6) is 0 Å². The zero-order valence-corrected chi connectivity index (χ0v) is 9.12. The minimum absolute atomic E-state index is 0.212. The summed E-state index contributed by atoms with van der Waals surface area (Å²) in [4.78, 5) is 30.5. The third-order valence-corrected chi connectivity index (χ3v) is 2.11. The number of amides is 1. The largest absolute Gasteiger partial charge is 0.349 e. The first-order valence-corrected chi connectivity index (χ1v) is 4.93. The summed E-state index contributed by atoms with van der Waals surface area (Å²) in [6.07, 6.45) is 3.05. The molecule has 0 saturated carbocycles. The van der Waals surface area contributed by atoms with Gasteiger partial charge in [0.1, 0.15) is 11.5 Å². The first kappa shape index (κ1) is 11.0. The lowest BCUT2D eigenvalue weighted by Gasteiger charge is -2.03. The fourth-order valence-corrected chi connectivity index (χ4v) is 1.21. The van der Waals surface area contributed by atoms with Crippen molar-refractivity contribution in [2.24, 2.45) is 7.05 Å². The summed E-state index contributed by atoms with van der Waals surface area (Å²) in [5.74, 6) is -0.185. The van der Waals surface area contributed by atoms with Gasteiger partial charge in [-0.2, -0.15) is 4.98 Å². The van der Waals surface area contributed by atoms with Crippen LogP contribution in [0, 0.1) is 0 Å². The number of pyridine rings is 1. The van der Waals surface area contributed by atoms with Gasteiger partial charge in [0.2, 0.25) is 0 Å². The molecule has 17 heavy (non-hydrogen) atoms. The summed E-state index contributed by atoms with van der Waals surface area (Å²) in [5.41, 5.74) is -0.154. The van der Waals surface area contributed by atoms with E-state index < -0.39 is 11.6 Å². The highest BCUT2D eigenvalue weighted by Crippen LogP contribution is 2.01. The van der Waals surface area contributed by atoms with E-state index in [0.29, 0.717) is 0 Å². The van der Waals surface area contributed by atoms with Gasteiger partial charge >= 0.3 is 5.69 Å². The van der Waals surface area contributed by atoms with Crippen LogP contribution >= 0.6 is 0 Å². The quantitative estimate of drug-likeness (QED) is 0.811. The standard InChI is InChI=1S/C11H10N4O2/c1-15-7-5-9(14-11(15)17)13-10(16)8-4-2-3-6-12-8/h2-7H,1H3,(H,13,14,16,17). The average Bonchev–Trinajstić information content (AvgIpc) is 2.35. The van der Waals surface area contributed by atoms with Crippen LogP contribution in [0.15, 0.2) is 41.5 Å². The lowest BCUT2D eigenvalue weighted by atomic mass is 10.3. The van der Waals surface area contributed by atoms with Gasteiger partial charge in [0, 0.05) is 19.4 Å². The molecule has 0 atom stereocenters. The highest BCUT2D eigenvalue weighted by atomic mass is 16.2. The number of aryl methyl sites for hydroxylation is 1. The summed E-state index contributed by atoms with van der Waals surface area (Å²) in [6.45, 7) is 0. The third-order valence-electron chi connectivity index (χ3n) is 2.11. The normalized spacial score (nSPS) is 9.94. The molecule has 0 aromatic carbocycles. The minimum atomic E-state index is -0.427. The molecule has 0 aliphatic rings. The molecule has 0 aliphatic carbocycles. The molecule has 2 aromatic rings. The van der Waals surface area contributed by atoms with Crippen molar-refractivity contribution in [3.63, 3.8) is 0 Å². The van der Waals surface area contributed by atoms with Crippen molar-refractivity contribution in [2.45, 2.75) is 0 Å². The molecule has 6 nitrogen and oxygen atoms in total. The SMILES string of the molecule is Cn1ccc(NC(=O)c2ccccn2)nc1=O. The molecule has 6 heteroatoms. The molecule has 2 aromatic heterocycles. The van der Waals surface area contributed by atoms with Gasteiger partial charge in [0.15, 0.2) is 0 Å². The van der Waals surface area contributed by atoms with Crippen LogP contribution in [0.1, 0.15) is 10.5 Å². The van der Waals surface area contributed by atoms with Crippen LogP contribution in [-0.2, 0) is 7.05 Å². The van der Waals surface area contributed by atoms with E-state index in [0.717, 1.165) is 0 Å². The van der Waals surface area contributed by atoms with E-state index in [1.807, 2.05) is 0 Å². The molecule has 0 aliphatic heterocycles. The summed E-state index contributed by atoms with van der Waals surface area (Å²) in [5, 5.41) is 2.50. The van der Waals surface area contributed by atoms with Crippen molar-refractivity contribution in [3.05, 3.63) is 52.8 Å². The van der Waals surface area contributed by atoms with E-state index >= 15 is 0 Å². The van der Waals surface area contributed by atoms with Crippen LogP contribution in [0.3, 0.4) is 0 Å². The number of hydrogen-bond acceptors (Lipinski definition) is 4. The molecule has 0 saturated heterocycles. The van der Waals surface area contributed by atoms with E-state index in [-0.39, 0.29) is 11.5 Å². The van der Waals surface area contributed by atoms with Gasteiger partial charge in [-0.1, -0.05) is 6.07 Å². The summed E-state index contributed by atoms with van der Waals surface area (Å²) < 4.78 is 1.32. The molecule has 1 N–H and O–H groups in total. The van der Waals surface area contributed by atoms with Crippen LogP contribution in [0.25, 0.3) is 0 Å². The second-order valence-electron chi connectivity index (χ2n) is 3.38. The van der Waals surface area contributed by atoms with Gasteiger partial charge < -0.3 is 9.88 Å². The van der Waals surface area contributed by atoms with E-state index in [9.17, 15) is 9.59 Å². The van der Waals surface area contributed by atoms with Crippen molar-refractivity contribution >= 4 is 11.7 Å². The topological polar surface area (TPSA) is 76.9 Å². The van der Waals surface area contributed by atoms with Gasteiger partial charge in [-0.15, -0.1) is 0 Å². The van der Waals surface area contributed by atoms with Crippen molar-refractivity contribution in [1.29, 1.82) is 0 Å². The predicted molar refractivity (Wildman–Crippen MR) is 61.7 cm³/mol. The number of aromatic nitrogens is 3. The first-order chi connectivity index (χ1) is 8.16. The maximum atomic E-state index is 11.7. The monoisotopic (exact) mass is 230 g/mol. The van der Waals surface area contributed by atoms with Crippen molar-refractivity contribution in [1.82, 2.24) is 14.5 Å². The molecule has 0 spiro atoms. The maximum Gasteiger partial charge on any atom is 0.349 e. The first-order valence-electron chi connectivity index (χ1n) is 4.93. The van der Waals surface area contributed by atoms with Crippen LogP contribution in [-0.4, -0.2) is 20.4 Å². The van der Waals surface area contributed by atoms with Crippen LogP contribution in [0.2, 0.25) is 0 Å². The number of nitrogens with one attached hydrogen (secondary N) is 1. The van der Waals surface area contributed by atoms with Crippen molar-refractivity contribution in [3.8, 4) is 0 Å². The van der Waals surface area contributed by atoms with Crippen LogP contribution in [0.4, 0.5) is 5.82 Å². The third kappa shape index (κ3) is 2.54. The second-order valence-corrected chi connectivity index (χ2v) is 3.38. The lowest BCUT2D eigenvalue weighted by Crippen LogP contribution is -2.22. The molecule has 2 rings (SSSR count). The van der Waals surface area contributed by atoms with Gasteiger partial charge in [0.05, 0.1) is 0 Å². The molecule has 0 bridgehead atoms. The fraction of sp³-hybridized carbons (Fsp3) is 0.0909. The van der Waals surface area contributed by atoms with Crippen LogP contribution < -0.4 is 11.0 Å². The van der Waals surface area contributed by atoms with Gasteiger partial charge in [0.25, 0.3) is 5.91 Å². The molecule has 0 radical (unpaired) electrons. The zero-order chi connectivity index (χ0) is 12.3. The number of nitrogens with zero attached hydrogens (tertiary/aromatic N) is 3. The Labute approximate surface area is 97.0 Å². The van der Waals surface area contributed by atoms with Gasteiger partial charge in [-0.25, -0.2) is 4.79 Å². The van der Waals surface area contributed by atoms with Crippen molar-refractivity contribution < 1.29 is 4.79 Å². The molecule has 0 unspecified atom stereocenters. The number of rotatable bonds is 2. The number of carbonyl (C=O) groups excluding carboxylic acids is 1. The molecule has 86 valence electrons. The Balaban J connectivity index is 2.19. The fourth-order valence-electron chi connectivity index (χ4n) is 1.21. The van der Waals surface area contributed by atoms with E-state index in [1.54, 1.807) is 31.3 Å². The Morgan fingerprint density at radius 2 is 2.18 bits per heavy atom. The average molecular weight is 230 g/mol. The van der Waals surface area contributed by atoms with E-state index in [2.05, 4.69) is 15.3 Å². The van der Waals surface area contributed by atoms with Crippen molar-refractivity contribution in [2.75, 3.05) is 5.32 Å². The minimum Gasteiger partial charge on any atom is -0.305 e. The Morgan fingerprint density at radius 3 is 2.82 bits per heavy atom. The molecule has 2 heterocycles. The maximum absolute atomic E-state index is 11.7. The van der Waals surface area contributed by atoms with E-state index in [1.165, 1.54) is 17.0 Å². The summed E-state index contributed by atoms with van der Waals surface area (Å²) in [6, 6.07) is 6.55. The Hall–Kier alpha value is -2.50. The molecule has 0 fully saturated rings. The Kier molecular flexibility index (Phi) is 2.95. The Bertz CT molecular complexity index is 592. The highest BCUT2D eigenvalue weighted by molar-refractivity contribution is 6.02. The second kappa shape index (κ2) is 4.56. The summed E-state index contributed by atoms with van der Waals surface area (Å²) in [7, 11) is 1.58. The van der Waals surface area contributed by atoms with Gasteiger partial charge in [-0.05, 0) is 18.2 Å².